The number of rotatable bonds is 2. The molecular formula is C14H22BN3O2. The van der Waals surface area contributed by atoms with Gasteiger partial charge >= 0.3 is 7.12 Å². The minimum Gasteiger partial charge on any atom is -0.397 e. The molecule has 108 valence electrons. The van der Waals surface area contributed by atoms with E-state index < -0.39 is 7.12 Å². The average Bonchev–Trinajstić information content (AvgIpc) is 2.97. The van der Waals surface area contributed by atoms with Crippen molar-refractivity contribution in [2.45, 2.75) is 51.7 Å². The third kappa shape index (κ3) is 2.31. The fraction of sp³-hybridized carbons (Fsp3) is 0.714. The molecule has 0 unspecified atom stereocenters. The summed E-state index contributed by atoms with van der Waals surface area (Å²) in [6, 6.07) is 1.96. The lowest BCUT2D eigenvalue weighted by atomic mass is 9.89. The number of hydrogen-bond acceptors (Lipinski definition) is 5. The van der Waals surface area contributed by atoms with Gasteiger partial charge in [0.15, 0.2) is 5.72 Å². The molecule has 1 aromatic heterocycles. The first-order chi connectivity index (χ1) is 9.39. The average molecular weight is 275 g/mol. The van der Waals surface area contributed by atoms with Crippen molar-refractivity contribution in [3.8, 4) is 0 Å². The maximum atomic E-state index is 6.00. The Balaban J connectivity index is 1.83. The molecule has 3 rings (SSSR count). The summed E-state index contributed by atoms with van der Waals surface area (Å²) in [6.07, 6.45) is 4.26. The first kappa shape index (κ1) is 13.8. The summed E-state index contributed by atoms with van der Waals surface area (Å²) in [6.45, 7) is 10.3. The van der Waals surface area contributed by atoms with Crippen molar-refractivity contribution >= 4 is 18.7 Å². The highest BCUT2D eigenvalue weighted by Gasteiger charge is 2.53. The Hall–Kier alpha value is -1.14. The monoisotopic (exact) mass is 275 g/mol. The molecule has 2 aliphatic rings. The molecule has 0 spiro atoms. The van der Waals surface area contributed by atoms with Crippen LogP contribution in [0.4, 0.5) is 5.82 Å². The smallest absolute Gasteiger partial charge is 0.397 e. The van der Waals surface area contributed by atoms with Gasteiger partial charge in [0.05, 0.1) is 11.2 Å². The van der Waals surface area contributed by atoms with E-state index in [9.17, 15) is 0 Å². The second-order valence-corrected chi connectivity index (χ2v) is 6.56. The first-order valence-corrected chi connectivity index (χ1v) is 7.33. The summed E-state index contributed by atoms with van der Waals surface area (Å²) >= 11 is 0. The minimum absolute atomic E-state index is 0.356. The van der Waals surface area contributed by atoms with E-state index in [1.165, 1.54) is 12.8 Å². The van der Waals surface area contributed by atoms with Crippen LogP contribution in [0.1, 0.15) is 40.5 Å². The van der Waals surface area contributed by atoms with E-state index >= 15 is 0 Å². The van der Waals surface area contributed by atoms with Crippen molar-refractivity contribution in [1.82, 2.24) is 9.97 Å². The number of nitrogens with zero attached hydrogens (tertiary/aromatic N) is 3. The molecule has 2 fully saturated rings. The Morgan fingerprint density at radius 1 is 1.10 bits per heavy atom. The van der Waals surface area contributed by atoms with Crippen LogP contribution in [-0.4, -0.2) is 41.4 Å². The van der Waals surface area contributed by atoms with Gasteiger partial charge in [0.1, 0.15) is 5.82 Å². The molecule has 0 N–H and O–H groups in total. The van der Waals surface area contributed by atoms with Crippen molar-refractivity contribution in [2.75, 3.05) is 18.0 Å². The maximum absolute atomic E-state index is 6.00. The zero-order valence-electron chi connectivity index (χ0n) is 12.7. The van der Waals surface area contributed by atoms with Gasteiger partial charge in [-0.05, 0) is 46.6 Å². The molecule has 0 bridgehead atoms. The first-order valence-electron chi connectivity index (χ1n) is 7.33. The largest absolute Gasteiger partial charge is 0.534 e. The highest BCUT2D eigenvalue weighted by molar-refractivity contribution is 6.60. The van der Waals surface area contributed by atoms with E-state index in [1.807, 2.05) is 33.8 Å². The predicted octanol–water partition coefficient (Wildman–Crippen LogP) is 1.38. The summed E-state index contributed by atoms with van der Waals surface area (Å²) in [5.41, 5.74) is -0.0944. The molecule has 1 aromatic rings. The highest BCUT2D eigenvalue weighted by Crippen LogP contribution is 2.36. The summed E-state index contributed by atoms with van der Waals surface area (Å²) in [7, 11) is -0.484. The van der Waals surface area contributed by atoms with E-state index in [1.54, 1.807) is 6.20 Å². The van der Waals surface area contributed by atoms with Crippen molar-refractivity contribution < 1.29 is 9.31 Å². The van der Waals surface area contributed by atoms with Crippen LogP contribution >= 0.6 is 0 Å². The Kier molecular flexibility index (Phi) is 3.25. The molecule has 0 saturated carbocycles. The molecular weight excluding hydrogens is 253 g/mol. The van der Waals surface area contributed by atoms with Crippen molar-refractivity contribution in [3.05, 3.63) is 12.3 Å². The standard InChI is InChI=1S/C14H22BN3O2/c1-13(2)14(3,4)20-15(19-13)12-16-8-7-11(17-12)18-9-5-6-10-18/h7-8H,5-6,9-10H2,1-4H3. The minimum atomic E-state index is -0.484. The van der Waals surface area contributed by atoms with Gasteiger partial charge in [-0.1, -0.05) is 0 Å². The van der Waals surface area contributed by atoms with E-state index in [4.69, 9.17) is 9.31 Å². The molecule has 0 aliphatic carbocycles. The number of anilines is 1. The lowest BCUT2D eigenvalue weighted by Gasteiger charge is -2.32. The molecule has 5 nitrogen and oxygen atoms in total. The van der Waals surface area contributed by atoms with E-state index in [-0.39, 0.29) is 11.2 Å². The second kappa shape index (κ2) is 4.70. The van der Waals surface area contributed by atoms with E-state index in [0.29, 0.717) is 5.72 Å². The number of hydrogen-bond donors (Lipinski definition) is 0. The molecule has 6 heteroatoms. The van der Waals surface area contributed by atoms with Gasteiger partial charge in [0.25, 0.3) is 0 Å². The van der Waals surface area contributed by atoms with Crippen LogP contribution in [0.2, 0.25) is 0 Å². The summed E-state index contributed by atoms with van der Waals surface area (Å²) in [5.74, 6) is 0.974. The summed E-state index contributed by atoms with van der Waals surface area (Å²) < 4.78 is 12.0. The Labute approximate surface area is 120 Å². The normalized spacial score (nSPS) is 24.4. The molecule has 20 heavy (non-hydrogen) atoms. The molecule has 0 radical (unpaired) electrons. The van der Waals surface area contributed by atoms with E-state index in [0.717, 1.165) is 18.9 Å². The van der Waals surface area contributed by atoms with Gasteiger partial charge in [0.2, 0.25) is 0 Å². The van der Waals surface area contributed by atoms with Crippen LogP contribution in [0.15, 0.2) is 12.3 Å². The van der Waals surface area contributed by atoms with Gasteiger partial charge in [-0.3, -0.25) is 0 Å². The fourth-order valence-electron chi connectivity index (χ4n) is 2.55. The molecule has 0 atom stereocenters. The van der Waals surface area contributed by atoms with Crippen LogP contribution < -0.4 is 10.6 Å². The Morgan fingerprint density at radius 2 is 1.70 bits per heavy atom. The second-order valence-electron chi connectivity index (χ2n) is 6.56. The molecule has 3 heterocycles. The van der Waals surface area contributed by atoms with Gasteiger partial charge in [-0.25, -0.2) is 9.97 Å². The Morgan fingerprint density at radius 3 is 2.30 bits per heavy atom. The van der Waals surface area contributed by atoms with Crippen molar-refractivity contribution in [3.63, 3.8) is 0 Å². The summed E-state index contributed by atoms with van der Waals surface area (Å²) in [5, 5.41) is 0. The van der Waals surface area contributed by atoms with Crippen molar-refractivity contribution in [1.29, 1.82) is 0 Å². The van der Waals surface area contributed by atoms with Crippen LogP contribution in [0.5, 0.6) is 0 Å². The molecule has 2 aliphatic heterocycles. The lowest BCUT2D eigenvalue weighted by molar-refractivity contribution is 0.00578. The third-order valence-corrected chi connectivity index (χ3v) is 4.55. The van der Waals surface area contributed by atoms with E-state index in [2.05, 4.69) is 14.9 Å². The molecule has 0 amide bonds. The Bertz CT molecular complexity index is 485. The molecule has 2 saturated heterocycles. The summed E-state index contributed by atoms with van der Waals surface area (Å²) in [4.78, 5) is 11.3. The quantitative estimate of drug-likeness (QED) is 0.763. The fourth-order valence-corrected chi connectivity index (χ4v) is 2.55. The third-order valence-electron chi connectivity index (χ3n) is 4.55. The number of aromatic nitrogens is 2. The highest BCUT2D eigenvalue weighted by atomic mass is 16.7. The maximum Gasteiger partial charge on any atom is 0.534 e. The lowest BCUT2D eigenvalue weighted by Crippen LogP contribution is -2.41. The van der Waals surface area contributed by atoms with Crippen LogP contribution in [0, 0.1) is 0 Å². The zero-order chi connectivity index (χ0) is 14.4. The van der Waals surface area contributed by atoms with Crippen molar-refractivity contribution in [2.24, 2.45) is 0 Å². The predicted molar refractivity (Wildman–Crippen MR) is 79.2 cm³/mol. The van der Waals surface area contributed by atoms with Gasteiger partial charge in [0, 0.05) is 19.3 Å². The van der Waals surface area contributed by atoms with Gasteiger partial charge in [-0.15, -0.1) is 0 Å². The van der Waals surface area contributed by atoms with Crippen LogP contribution in [-0.2, 0) is 9.31 Å². The zero-order valence-corrected chi connectivity index (χ0v) is 12.7. The van der Waals surface area contributed by atoms with Gasteiger partial charge in [-0.2, -0.15) is 0 Å². The SMILES string of the molecule is CC1(C)OB(c2nccc(N3CCCC3)n2)OC1(C)C. The van der Waals surface area contributed by atoms with Crippen LogP contribution in [0.3, 0.4) is 0 Å². The van der Waals surface area contributed by atoms with Gasteiger partial charge < -0.3 is 14.2 Å². The molecule has 0 aromatic carbocycles. The topological polar surface area (TPSA) is 47.5 Å². The van der Waals surface area contributed by atoms with Crippen LogP contribution in [0.25, 0.3) is 0 Å².